The van der Waals surface area contributed by atoms with Crippen molar-refractivity contribution < 1.29 is 28.5 Å². The van der Waals surface area contributed by atoms with Gasteiger partial charge in [-0.2, -0.15) is 5.26 Å². The van der Waals surface area contributed by atoms with Gasteiger partial charge in [0.1, 0.15) is 29.0 Å². The number of carbonyl (C=O) groups is 1. The molecule has 0 bridgehead atoms. The van der Waals surface area contributed by atoms with E-state index in [-0.39, 0.29) is 43.6 Å². The first-order valence-electron chi connectivity index (χ1n) is 13.2. The van der Waals surface area contributed by atoms with Crippen molar-refractivity contribution in [2.75, 3.05) is 12.4 Å². The lowest BCUT2D eigenvalue weighted by Crippen LogP contribution is -2.45. The van der Waals surface area contributed by atoms with Crippen molar-refractivity contribution >= 4 is 34.9 Å². The highest BCUT2D eigenvalue weighted by atomic mass is 35.5. The summed E-state index contributed by atoms with van der Waals surface area (Å²) in [5.41, 5.74) is -1.86. The second kappa shape index (κ2) is 12.1. The predicted molar refractivity (Wildman–Crippen MR) is 157 cm³/mol. The normalized spacial score (nSPS) is 22.8. The number of halogens is 4. The van der Waals surface area contributed by atoms with Crippen LogP contribution in [0.3, 0.4) is 0 Å². The molecule has 0 saturated carbocycles. The van der Waals surface area contributed by atoms with Crippen LogP contribution in [0.4, 0.5) is 14.5 Å². The Balaban J connectivity index is 1.94. The zero-order chi connectivity index (χ0) is 31.0. The second-order valence-corrected chi connectivity index (χ2v) is 12.4. The lowest BCUT2D eigenvalue weighted by molar-refractivity contribution is 0.0696. The number of benzene rings is 3. The molecule has 5 atom stereocenters. The Labute approximate surface area is 253 Å². The highest BCUT2D eigenvalue weighted by molar-refractivity contribution is 6.31. The smallest absolute Gasteiger partial charge is 0.335 e. The molecule has 42 heavy (non-hydrogen) atoms. The monoisotopic (exact) mass is 617 g/mol. The summed E-state index contributed by atoms with van der Waals surface area (Å²) in [5.74, 6) is -3.72. The third-order valence-corrected chi connectivity index (χ3v) is 8.11. The lowest BCUT2D eigenvalue weighted by Gasteiger charge is -2.38. The molecule has 11 heteroatoms. The van der Waals surface area contributed by atoms with Gasteiger partial charge in [-0.1, -0.05) is 62.2 Å². The lowest BCUT2D eigenvalue weighted by atomic mass is 9.62. The number of ether oxygens (including phenoxy) is 1. The molecule has 1 saturated heterocycles. The molecule has 3 aromatic rings. The van der Waals surface area contributed by atoms with E-state index in [1.807, 2.05) is 20.8 Å². The summed E-state index contributed by atoms with van der Waals surface area (Å²) in [4.78, 5) is 11.5. The maximum absolute atomic E-state index is 15.8. The van der Waals surface area contributed by atoms with Gasteiger partial charge in [-0.3, -0.25) is 0 Å². The topological polar surface area (TPSA) is 115 Å². The molecule has 0 radical (unpaired) electrons. The van der Waals surface area contributed by atoms with Crippen molar-refractivity contribution in [1.29, 1.82) is 5.26 Å². The van der Waals surface area contributed by atoms with Gasteiger partial charge in [0.2, 0.25) is 0 Å². The molecule has 222 valence electrons. The Hall–Kier alpha value is -3.42. The van der Waals surface area contributed by atoms with Gasteiger partial charge in [0.05, 0.1) is 35.5 Å². The van der Waals surface area contributed by atoms with E-state index < -0.39 is 47.2 Å². The van der Waals surface area contributed by atoms with Crippen molar-refractivity contribution in [2.45, 2.75) is 56.8 Å². The minimum absolute atomic E-state index is 0.00128. The van der Waals surface area contributed by atoms with Crippen LogP contribution in [-0.2, 0) is 5.41 Å². The van der Waals surface area contributed by atoms with Crippen molar-refractivity contribution in [3.05, 3.63) is 93.0 Å². The maximum Gasteiger partial charge on any atom is 0.335 e. The molecule has 1 unspecified atom stereocenters. The standard InChI is InChI=1S/C31H31Cl2F2N3O4/c1-30(2,3)14-24-31(15-36,19-10-9-17(32)13-21(19)34)25(18-6-5-7-20(33)26(18)35)27(38-24)28(39)37-22-11-8-16(29(40)41)12-23(22)42-4/h5-13,24-25,27-28,37-39H,14H2,1-4H3,(H,40,41)/t24-,25-,27+,28?,31-/m0/s1. The number of methoxy groups -OCH3 is 1. The summed E-state index contributed by atoms with van der Waals surface area (Å²) in [5, 5.41) is 38.2. The fourth-order valence-electron chi connectivity index (χ4n) is 5.85. The van der Waals surface area contributed by atoms with Crippen LogP contribution in [0.2, 0.25) is 10.0 Å². The Kier molecular flexibility index (Phi) is 9.05. The van der Waals surface area contributed by atoms with E-state index in [4.69, 9.17) is 27.9 Å². The van der Waals surface area contributed by atoms with E-state index in [9.17, 15) is 20.3 Å². The summed E-state index contributed by atoms with van der Waals surface area (Å²) in [6.07, 6.45) is -1.15. The van der Waals surface area contributed by atoms with Gasteiger partial charge < -0.3 is 25.6 Å². The first-order valence-corrected chi connectivity index (χ1v) is 13.9. The largest absolute Gasteiger partial charge is 0.495 e. The van der Waals surface area contributed by atoms with Gasteiger partial charge in [-0.15, -0.1) is 0 Å². The highest BCUT2D eigenvalue weighted by Gasteiger charge is 2.61. The average Bonchev–Trinajstić information content (AvgIpc) is 3.23. The van der Waals surface area contributed by atoms with E-state index in [1.165, 1.54) is 55.6 Å². The first kappa shape index (κ1) is 31.5. The molecule has 0 spiro atoms. The molecule has 1 fully saturated rings. The van der Waals surface area contributed by atoms with Crippen molar-refractivity contribution in [2.24, 2.45) is 5.41 Å². The SMILES string of the molecule is COc1cc(C(=O)O)ccc1NC(O)[C@@H]1N[C@@H](CC(C)(C)C)[C@](C#N)(c2ccc(Cl)cc2F)[C@H]1c1cccc(Cl)c1F. The van der Waals surface area contributed by atoms with Crippen LogP contribution in [0.5, 0.6) is 5.75 Å². The van der Waals surface area contributed by atoms with Gasteiger partial charge in [0, 0.05) is 22.5 Å². The zero-order valence-electron chi connectivity index (χ0n) is 23.4. The highest BCUT2D eigenvalue weighted by Crippen LogP contribution is 2.53. The van der Waals surface area contributed by atoms with E-state index in [0.717, 1.165) is 6.07 Å². The van der Waals surface area contributed by atoms with Crippen LogP contribution in [0.25, 0.3) is 0 Å². The van der Waals surface area contributed by atoms with E-state index in [2.05, 4.69) is 16.7 Å². The maximum atomic E-state index is 15.8. The molecule has 1 heterocycles. The molecule has 7 nitrogen and oxygen atoms in total. The number of carboxylic acids is 1. The number of rotatable bonds is 8. The number of hydrogen-bond acceptors (Lipinski definition) is 6. The minimum Gasteiger partial charge on any atom is -0.495 e. The molecule has 3 aromatic carbocycles. The number of carboxylic acid groups (broad SMARTS) is 1. The van der Waals surface area contributed by atoms with Crippen molar-refractivity contribution in [3.63, 3.8) is 0 Å². The average molecular weight is 619 g/mol. The quantitative estimate of drug-likeness (QED) is 0.207. The van der Waals surface area contributed by atoms with E-state index >= 15 is 8.78 Å². The van der Waals surface area contributed by atoms with Gasteiger partial charge in [-0.25, -0.2) is 13.6 Å². The number of aliphatic hydroxyl groups is 1. The van der Waals surface area contributed by atoms with Crippen molar-refractivity contribution in [1.82, 2.24) is 5.32 Å². The molecule has 4 N–H and O–H groups in total. The van der Waals surface area contributed by atoms with Crippen LogP contribution in [0.15, 0.2) is 54.6 Å². The molecule has 0 aromatic heterocycles. The summed E-state index contributed by atoms with van der Waals surface area (Å²) in [6, 6.07) is 12.9. The Morgan fingerprint density at radius 2 is 1.90 bits per heavy atom. The fraction of sp³-hybridized carbons (Fsp3) is 0.355. The Morgan fingerprint density at radius 1 is 1.19 bits per heavy atom. The minimum atomic E-state index is -1.72. The third-order valence-electron chi connectivity index (χ3n) is 7.58. The molecule has 1 aliphatic heterocycles. The molecule has 0 aliphatic carbocycles. The summed E-state index contributed by atoms with van der Waals surface area (Å²) in [7, 11) is 1.35. The van der Waals surface area contributed by atoms with Crippen LogP contribution in [0.1, 0.15) is 54.6 Å². The first-order chi connectivity index (χ1) is 19.7. The molecule has 0 amide bonds. The number of hydrogen-bond donors (Lipinski definition) is 4. The van der Waals surface area contributed by atoms with E-state index in [0.29, 0.717) is 6.42 Å². The van der Waals surface area contributed by atoms with Gasteiger partial charge in [-0.05, 0) is 53.8 Å². The van der Waals surface area contributed by atoms with Gasteiger partial charge in [0.25, 0.3) is 0 Å². The molecule has 1 aliphatic rings. The van der Waals surface area contributed by atoms with Gasteiger partial charge in [0.15, 0.2) is 0 Å². The van der Waals surface area contributed by atoms with Crippen LogP contribution >= 0.6 is 23.2 Å². The second-order valence-electron chi connectivity index (χ2n) is 11.5. The molecule has 4 rings (SSSR count). The number of anilines is 1. The Bertz CT molecular complexity index is 1540. The number of aliphatic hydroxyl groups excluding tert-OH is 1. The number of nitrogens with one attached hydrogen (secondary N) is 2. The van der Waals surface area contributed by atoms with Crippen LogP contribution in [0, 0.1) is 28.4 Å². The summed E-state index contributed by atoms with van der Waals surface area (Å²) >= 11 is 12.3. The van der Waals surface area contributed by atoms with Crippen LogP contribution in [-0.4, -0.2) is 41.6 Å². The van der Waals surface area contributed by atoms with Gasteiger partial charge >= 0.3 is 5.97 Å². The van der Waals surface area contributed by atoms with Crippen molar-refractivity contribution in [3.8, 4) is 11.8 Å². The molecular formula is C31H31Cl2F2N3O4. The Morgan fingerprint density at radius 3 is 2.50 bits per heavy atom. The van der Waals surface area contributed by atoms with E-state index in [1.54, 1.807) is 0 Å². The predicted octanol–water partition coefficient (Wildman–Crippen LogP) is 6.73. The summed E-state index contributed by atoms with van der Waals surface area (Å²) in [6.45, 7) is 5.88. The zero-order valence-corrected chi connectivity index (χ0v) is 24.9. The fourth-order valence-corrected chi connectivity index (χ4v) is 6.19. The number of nitrogens with zero attached hydrogens (tertiary/aromatic N) is 1. The van der Waals surface area contributed by atoms with Crippen LogP contribution < -0.4 is 15.4 Å². The number of aromatic carboxylic acids is 1. The number of nitriles is 1. The summed E-state index contributed by atoms with van der Waals surface area (Å²) < 4.78 is 36.9. The molecular weight excluding hydrogens is 587 g/mol. The third kappa shape index (κ3) is 5.90.